The van der Waals surface area contributed by atoms with E-state index in [4.69, 9.17) is 4.74 Å². The van der Waals surface area contributed by atoms with Crippen molar-refractivity contribution in [3.63, 3.8) is 0 Å². The van der Waals surface area contributed by atoms with Gasteiger partial charge in [0.2, 0.25) is 0 Å². The fourth-order valence-electron chi connectivity index (χ4n) is 0.754. The molecule has 1 aliphatic heterocycles. The quantitative estimate of drug-likeness (QED) is 0.553. The number of hydrogen-bond donors (Lipinski definition) is 1. The van der Waals surface area contributed by atoms with E-state index in [2.05, 4.69) is 10.4 Å². The van der Waals surface area contributed by atoms with Crippen LogP contribution < -0.4 is 5.43 Å². The highest BCUT2D eigenvalue weighted by molar-refractivity contribution is 5.74. The van der Waals surface area contributed by atoms with Gasteiger partial charge in [-0.1, -0.05) is 0 Å². The number of hydrazine groups is 1. The van der Waals surface area contributed by atoms with Gasteiger partial charge in [-0.2, -0.15) is 0 Å². The van der Waals surface area contributed by atoms with E-state index in [-0.39, 0.29) is 12.5 Å². The van der Waals surface area contributed by atoms with Crippen LogP contribution in [0.4, 0.5) is 0 Å². The molecule has 0 radical (unpaired) electrons. The zero-order chi connectivity index (χ0) is 8.10. The number of ether oxygens (including phenoxy) is 1. The molecule has 5 heteroatoms. The molecule has 0 fully saturated rings. The van der Waals surface area contributed by atoms with Gasteiger partial charge in [-0.15, -0.1) is 0 Å². The van der Waals surface area contributed by atoms with Gasteiger partial charge in [0.15, 0.2) is 0 Å². The topological polar surface area (TPSA) is 53.9 Å². The number of carbonyl (C=O) groups is 1. The summed E-state index contributed by atoms with van der Waals surface area (Å²) in [7, 11) is 0. The van der Waals surface area contributed by atoms with Crippen molar-refractivity contribution >= 4 is 12.3 Å². The summed E-state index contributed by atoms with van der Waals surface area (Å²) in [6.07, 6.45) is 1.58. The second kappa shape index (κ2) is 3.92. The van der Waals surface area contributed by atoms with E-state index >= 15 is 0 Å². The summed E-state index contributed by atoms with van der Waals surface area (Å²) in [5.74, 6) is -0.242. The summed E-state index contributed by atoms with van der Waals surface area (Å²) >= 11 is 0. The molecule has 0 aliphatic carbocycles. The molecule has 0 aromatic heterocycles. The van der Waals surface area contributed by atoms with E-state index in [9.17, 15) is 4.79 Å². The first-order valence-corrected chi connectivity index (χ1v) is 3.48. The lowest BCUT2D eigenvalue weighted by atomic mass is 10.6. The van der Waals surface area contributed by atoms with Gasteiger partial charge in [0.1, 0.15) is 19.6 Å². The first-order valence-electron chi connectivity index (χ1n) is 3.48. The van der Waals surface area contributed by atoms with E-state index in [0.717, 1.165) is 0 Å². The molecule has 1 rings (SSSR count). The first kappa shape index (κ1) is 8.00. The van der Waals surface area contributed by atoms with Crippen LogP contribution in [0.25, 0.3) is 0 Å². The van der Waals surface area contributed by atoms with Crippen molar-refractivity contribution in [3.05, 3.63) is 0 Å². The molecule has 0 aromatic rings. The molecule has 0 aromatic carbocycles. The Balaban J connectivity index is 2.19. The molecule has 0 atom stereocenters. The molecule has 5 nitrogen and oxygen atoms in total. The van der Waals surface area contributed by atoms with Crippen LogP contribution in [0, 0.1) is 0 Å². The number of carbonyl (C=O) groups excluding carboxylic acids is 1. The van der Waals surface area contributed by atoms with E-state index in [1.807, 2.05) is 0 Å². The maximum Gasteiger partial charge on any atom is 0.327 e. The largest absolute Gasteiger partial charge is 0.465 e. The van der Waals surface area contributed by atoms with Gasteiger partial charge in [0, 0.05) is 0 Å². The minimum absolute atomic E-state index is 0.220. The Morgan fingerprint density at radius 2 is 2.73 bits per heavy atom. The molecule has 62 valence electrons. The van der Waals surface area contributed by atoms with Gasteiger partial charge in [0.25, 0.3) is 0 Å². The highest BCUT2D eigenvalue weighted by Crippen LogP contribution is 1.87. The molecule has 0 saturated heterocycles. The fourth-order valence-corrected chi connectivity index (χ4v) is 0.754. The Labute approximate surface area is 65.0 Å². The normalized spacial score (nSPS) is 15.5. The van der Waals surface area contributed by atoms with Crippen LogP contribution in [0.3, 0.4) is 0 Å². The van der Waals surface area contributed by atoms with Crippen LogP contribution in [-0.4, -0.2) is 37.1 Å². The predicted molar refractivity (Wildman–Crippen MR) is 39.8 cm³/mol. The molecular formula is C6H11N3O2. The summed E-state index contributed by atoms with van der Waals surface area (Å²) in [5.41, 5.74) is 2.86. The lowest BCUT2D eigenvalue weighted by Crippen LogP contribution is -2.36. The van der Waals surface area contributed by atoms with Gasteiger partial charge in [-0.05, 0) is 6.92 Å². The van der Waals surface area contributed by atoms with Gasteiger partial charge in [-0.25, -0.2) is 5.43 Å². The summed E-state index contributed by atoms with van der Waals surface area (Å²) < 4.78 is 4.72. The molecule has 0 unspecified atom stereocenters. The number of esters is 1. The summed E-state index contributed by atoms with van der Waals surface area (Å²) in [4.78, 5) is 14.7. The average molecular weight is 157 g/mol. The summed E-state index contributed by atoms with van der Waals surface area (Å²) in [6, 6.07) is 0. The van der Waals surface area contributed by atoms with Gasteiger partial charge >= 0.3 is 5.97 Å². The Kier molecular flexibility index (Phi) is 2.85. The molecule has 0 saturated carbocycles. The number of rotatable bonds is 3. The van der Waals surface area contributed by atoms with Crippen molar-refractivity contribution in [1.82, 2.24) is 10.4 Å². The maximum absolute atomic E-state index is 10.8. The number of nitrogens with zero attached hydrogens (tertiary/aromatic N) is 2. The van der Waals surface area contributed by atoms with E-state index < -0.39 is 0 Å². The number of hydrogen-bond acceptors (Lipinski definition) is 5. The standard InChI is InChI=1S/C6H11N3O2/c1-2-11-6(10)3-9-5-7-4-8-9/h5,8H,2-4H2,1H3. The summed E-state index contributed by atoms with van der Waals surface area (Å²) in [5, 5.41) is 1.60. The maximum atomic E-state index is 10.8. The van der Waals surface area contributed by atoms with Crippen molar-refractivity contribution < 1.29 is 9.53 Å². The molecule has 0 amide bonds. The average Bonchev–Trinajstić information content (AvgIpc) is 2.40. The molecule has 1 heterocycles. The second-order valence-corrected chi connectivity index (χ2v) is 2.05. The minimum atomic E-state index is -0.242. The van der Waals surface area contributed by atoms with Crippen molar-refractivity contribution in [2.75, 3.05) is 19.8 Å². The van der Waals surface area contributed by atoms with Gasteiger partial charge < -0.3 is 4.74 Å². The Morgan fingerprint density at radius 3 is 3.27 bits per heavy atom. The van der Waals surface area contributed by atoms with Crippen molar-refractivity contribution in [3.8, 4) is 0 Å². The Morgan fingerprint density at radius 1 is 1.91 bits per heavy atom. The van der Waals surface area contributed by atoms with Crippen LogP contribution in [-0.2, 0) is 9.53 Å². The zero-order valence-electron chi connectivity index (χ0n) is 6.41. The van der Waals surface area contributed by atoms with Crippen LogP contribution in [0.5, 0.6) is 0 Å². The highest BCUT2D eigenvalue weighted by Gasteiger charge is 2.09. The van der Waals surface area contributed by atoms with Crippen LogP contribution in [0.15, 0.2) is 4.99 Å². The minimum Gasteiger partial charge on any atom is -0.465 e. The molecule has 11 heavy (non-hydrogen) atoms. The Hall–Kier alpha value is -1.10. The monoisotopic (exact) mass is 157 g/mol. The molecule has 1 aliphatic rings. The van der Waals surface area contributed by atoms with Crippen LogP contribution in [0.1, 0.15) is 6.92 Å². The summed E-state index contributed by atoms with van der Waals surface area (Å²) in [6.45, 7) is 2.96. The molecule has 0 bridgehead atoms. The molecular weight excluding hydrogens is 146 g/mol. The smallest absolute Gasteiger partial charge is 0.327 e. The fraction of sp³-hybridized carbons (Fsp3) is 0.667. The van der Waals surface area contributed by atoms with Gasteiger partial charge in [0.05, 0.1) is 6.61 Å². The number of nitrogens with one attached hydrogen (secondary N) is 1. The predicted octanol–water partition coefficient (Wildman–Crippen LogP) is -0.645. The highest BCUT2D eigenvalue weighted by atomic mass is 16.5. The number of aliphatic imine (C=N–C) groups is 1. The van der Waals surface area contributed by atoms with Crippen LogP contribution >= 0.6 is 0 Å². The Bertz CT molecular complexity index is 169. The third-order valence-electron chi connectivity index (χ3n) is 1.19. The van der Waals surface area contributed by atoms with E-state index in [0.29, 0.717) is 13.3 Å². The van der Waals surface area contributed by atoms with Gasteiger partial charge in [-0.3, -0.25) is 14.8 Å². The molecule has 0 spiro atoms. The van der Waals surface area contributed by atoms with Crippen LogP contribution in [0.2, 0.25) is 0 Å². The van der Waals surface area contributed by atoms with Crippen molar-refractivity contribution in [1.29, 1.82) is 0 Å². The second-order valence-electron chi connectivity index (χ2n) is 2.05. The van der Waals surface area contributed by atoms with Crippen molar-refractivity contribution in [2.24, 2.45) is 4.99 Å². The third-order valence-corrected chi connectivity index (χ3v) is 1.19. The van der Waals surface area contributed by atoms with Crippen molar-refractivity contribution in [2.45, 2.75) is 6.92 Å². The lowest BCUT2D eigenvalue weighted by Gasteiger charge is -2.12. The SMILES string of the molecule is CCOC(=O)CN1C=NCN1. The third kappa shape index (κ3) is 2.55. The van der Waals surface area contributed by atoms with E-state index in [1.165, 1.54) is 0 Å². The zero-order valence-corrected chi connectivity index (χ0v) is 6.41. The first-order chi connectivity index (χ1) is 5.33. The van der Waals surface area contributed by atoms with E-state index in [1.54, 1.807) is 18.3 Å². The molecule has 1 N–H and O–H groups in total. The lowest BCUT2D eigenvalue weighted by molar-refractivity contribution is -0.143.